The van der Waals surface area contributed by atoms with Crippen molar-refractivity contribution in [3.63, 3.8) is 0 Å². The number of hydrogen-bond donors (Lipinski definition) is 0. The highest BCUT2D eigenvalue weighted by Crippen LogP contribution is 1.96. The molecule has 0 atom stereocenters. The zero-order chi connectivity index (χ0) is 7.28. The Morgan fingerprint density at radius 1 is 1.67 bits per heavy atom. The fraction of sp³-hybridized carbons (Fsp3) is 0.714. The summed E-state index contributed by atoms with van der Waals surface area (Å²) in [7, 11) is 3.57. The van der Waals surface area contributed by atoms with Crippen molar-refractivity contribution in [2.45, 2.75) is 13.3 Å². The summed E-state index contributed by atoms with van der Waals surface area (Å²) in [4.78, 5) is 4.89. The van der Waals surface area contributed by atoms with Crippen LogP contribution in [-0.4, -0.2) is 25.8 Å². The molecule has 0 rings (SSSR count). The maximum atomic E-state index is 4.89. The van der Waals surface area contributed by atoms with Gasteiger partial charge in [-0.05, 0) is 13.3 Å². The predicted octanol–water partition coefficient (Wildman–Crippen LogP) is 1.45. The highest BCUT2D eigenvalue weighted by molar-refractivity contribution is 4.87. The molecule has 0 unspecified atom stereocenters. The number of nitrogens with zero attached hydrogens (tertiary/aromatic N) is 1. The minimum atomic E-state index is 0.922. The molecule has 0 spiro atoms. The van der Waals surface area contributed by atoms with Crippen LogP contribution in [0.1, 0.15) is 13.3 Å². The lowest BCUT2D eigenvalue weighted by Crippen LogP contribution is -2.17. The summed E-state index contributed by atoms with van der Waals surface area (Å²) in [6, 6.07) is 0. The maximum Gasteiger partial charge on any atom is 0.0575 e. The highest BCUT2D eigenvalue weighted by Gasteiger charge is 1.92. The van der Waals surface area contributed by atoms with E-state index in [0.29, 0.717) is 0 Å². The first-order valence-corrected chi connectivity index (χ1v) is 3.06. The number of rotatable bonds is 4. The summed E-state index contributed by atoms with van der Waals surface area (Å²) in [6.45, 7) is 6.72. The second kappa shape index (κ2) is 4.53. The molecule has 0 amide bonds. The van der Waals surface area contributed by atoms with Gasteiger partial charge in [-0.2, -0.15) is 5.06 Å². The van der Waals surface area contributed by atoms with E-state index in [9.17, 15) is 0 Å². The Labute approximate surface area is 57.1 Å². The predicted molar refractivity (Wildman–Crippen MR) is 39.1 cm³/mol. The molecule has 0 heterocycles. The zero-order valence-corrected chi connectivity index (χ0v) is 6.48. The summed E-state index contributed by atoms with van der Waals surface area (Å²) in [5, 5.41) is 1.79. The third kappa shape index (κ3) is 5.53. The van der Waals surface area contributed by atoms with Crippen LogP contribution in [0.2, 0.25) is 0 Å². The number of hydrogen-bond acceptors (Lipinski definition) is 2. The molecule has 2 nitrogen and oxygen atoms in total. The van der Waals surface area contributed by atoms with Crippen LogP contribution in [0, 0.1) is 0 Å². The molecule has 0 saturated carbocycles. The molecule has 0 aliphatic rings. The van der Waals surface area contributed by atoms with Gasteiger partial charge in [-0.25, -0.2) is 0 Å². The van der Waals surface area contributed by atoms with Crippen LogP contribution < -0.4 is 0 Å². The monoisotopic (exact) mass is 129 g/mol. The van der Waals surface area contributed by atoms with Gasteiger partial charge < -0.3 is 4.84 Å². The molecule has 0 saturated heterocycles. The molecule has 54 valence electrons. The van der Waals surface area contributed by atoms with E-state index in [2.05, 4.69) is 6.58 Å². The molecule has 0 radical (unpaired) electrons. The third-order valence-electron chi connectivity index (χ3n) is 1.17. The van der Waals surface area contributed by atoms with Gasteiger partial charge in [0.25, 0.3) is 0 Å². The van der Waals surface area contributed by atoms with Gasteiger partial charge in [0, 0.05) is 13.6 Å². The van der Waals surface area contributed by atoms with Crippen LogP contribution in [0.15, 0.2) is 12.2 Å². The Hall–Kier alpha value is -0.340. The van der Waals surface area contributed by atoms with Gasteiger partial charge in [0.1, 0.15) is 0 Å². The molecular weight excluding hydrogens is 114 g/mol. The van der Waals surface area contributed by atoms with Crippen LogP contribution in [0.4, 0.5) is 0 Å². The lowest BCUT2D eigenvalue weighted by molar-refractivity contribution is -0.107. The first-order valence-electron chi connectivity index (χ1n) is 3.06. The Balaban J connectivity index is 3.16. The SMILES string of the molecule is C=C(C)CCN(C)OC. The first-order chi connectivity index (χ1) is 4.16. The van der Waals surface area contributed by atoms with Crippen LogP contribution in [0.5, 0.6) is 0 Å². The van der Waals surface area contributed by atoms with Crippen molar-refractivity contribution in [2.24, 2.45) is 0 Å². The fourth-order valence-electron chi connectivity index (χ4n) is 0.440. The Kier molecular flexibility index (Phi) is 4.36. The molecule has 0 fully saturated rings. The van der Waals surface area contributed by atoms with Gasteiger partial charge in [-0.1, -0.05) is 5.57 Å². The Morgan fingerprint density at radius 3 is 2.56 bits per heavy atom. The van der Waals surface area contributed by atoms with Crippen molar-refractivity contribution in [3.8, 4) is 0 Å². The van der Waals surface area contributed by atoms with Gasteiger partial charge in [0.15, 0.2) is 0 Å². The van der Waals surface area contributed by atoms with E-state index in [0.717, 1.165) is 13.0 Å². The summed E-state index contributed by atoms with van der Waals surface area (Å²) in [6.07, 6.45) is 1.00. The lowest BCUT2D eigenvalue weighted by Gasteiger charge is -2.12. The van der Waals surface area contributed by atoms with E-state index in [1.165, 1.54) is 5.57 Å². The molecule has 9 heavy (non-hydrogen) atoms. The summed E-state index contributed by atoms with van der Waals surface area (Å²) < 4.78 is 0. The van der Waals surface area contributed by atoms with E-state index in [4.69, 9.17) is 4.84 Å². The van der Waals surface area contributed by atoms with Crippen molar-refractivity contribution >= 4 is 0 Å². The molecule has 0 aliphatic heterocycles. The topological polar surface area (TPSA) is 12.5 Å². The van der Waals surface area contributed by atoms with Crippen LogP contribution in [-0.2, 0) is 4.84 Å². The molecule has 0 aromatic carbocycles. The minimum absolute atomic E-state index is 0.922. The van der Waals surface area contributed by atoms with E-state index in [1.54, 1.807) is 12.2 Å². The van der Waals surface area contributed by atoms with E-state index < -0.39 is 0 Å². The summed E-state index contributed by atoms with van der Waals surface area (Å²) in [5.74, 6) is 0. The molecule has 0 aromatic heterocycles. The summed E-state index contributed by atoms with van der Waals surface area (Å²) in [5.41, 5.74) is 1.19. The summed E-state index contributed by atoms with van der Waals surface area (Å²) >= 11 is 0. The van der Waals surface area contributed by atoms with Crippen molar-refractivity contribution in [3.05, 3.63) is 12.2 Å². The van der Waals surface area contributed by atoms with Crippen molar-refractivity contribution < 1.29 is 4.84 Å². The van der Waals surface area contributed by atoms with Crippen molar-refractivity contribution in [1.29, 1.82) is 0 Å². The standard InChI is InChI=1S/C7H15NO/c1-7(2)5-6-8(3)9-4/h1,5-6H2,2-4H3. The van der Waals surface area contributed by atoms with Crippen molar-refractivity contribution in [1.82, 2.24) is 5.06 Å². The lowest BCUT2D eigenvalue weighted by atomic mass is 10.2. The number of hydroxylamine groups is 2. The van der Waals surface area contributed by atoms with Gasteiger partial charge in [-0.3, -0.25) is 0 Å². The molecule has 2 heteroatoms. The normalized spacial score (nSPS) is 10.2. The quantitative estimate of drug-likeness (QED) is 0.420. The van der Waals surface area contributed by atoms with Gasteiger partial charge in [0.2, 0.25) is 0 Å². The molecule has 0 N–H and O–H groups in total. The molecule has 0 aliphatic carbocycles. The third-order valence-corrected chi connectivity index (χ3v) is 1.17. The molecule has 0 aromatic rings. The van der Waals surface area contributed by atoms with E-state index in [-0.39, 0.29) is 0 Å². The smallest absolute Gasteiger partial charge is 0.0575 e. The average molecular weight is 129 g/mol. The average Bonchev–Trinajstić information content (AvgIpc) is 1.83. The Bertz CT molecular complexity index is 90.9. The fourth-order valence-corrected chi connectivity index (χ4v) is 0.440. The molecule has 0 bridgehead atoms. The first kappa shape index (κ1) is 8.66. The largest absolute Gasteiger partial charge is 0.303 e. The van der Waals surface area contributed by atoms with Crippen LogP contribution in [0.3, 0.4) is 0 Å². The van der Waals surface area contributed by atoms with E-state index in [1.807, 2.05) is 14.0 Å². The van der Waals surface area contributed by atoms with Gasteiger partial charge in [-0.15, -0.1) is 6.58 Å². The maximum absolute atomic E-state index is 4.89. The second-order valence-corrected chi connectivity index (χ2v) is 2.24. The zero-order valence-electron chi connectivity index (χ0n) is 6.48. The van der Waals surface area contributed by atoms with Crippen LogP contribution in [0.25, 0.3) is 0 Å². The Morgan fingerprint density at radius 2 is 2.22 bits per heavy atom. The van der Waals surface area contributed by atoms with E-state index >= 15 is 0 Å². The second-order valence-electron chi connectivity index (χ2n) is 2.24. The van der Waals surface area contributed by atoms with Gasteiger partial charge >= 0.3 is 0 Å². The molecular formula is C7H15NO. The van der Waals surface area contributed by atoms with Crippen molar-refractivity contribution in [2.75, 3.05) is 20.7 Å². The minimum Gasteiger partial charge on any atom is -0.303 e. The van der Waals surface area contributed by atoms with Crippen LogP contribution >= 0.6 is 0 Å². The highest BCUT2D eigenvalue weighted by atomic mass is 16.7. The van der Waals surface area contributed by atoms with Gasteiger partial charge in [0.05, 0.1) is 7.11 Å².